The number of rotatable bonds is 6. The van der Waals surface area contributed by atoms with Crippen LogP contribution < -0.4 is 16.0 Å². The number of benzene rings is 2. The molecule has 2 heterocycles. The van der Waals surface area contributed by atoms with Crippen LogP contribution in [0.25, 0.3) is 0 Å². The van der Waals surface area contributed by atoms with Gasteiger partial charge in [-0.2, -0.15) is 0 Å². The molecule has 0 saturated carbocycles. The minimum atomic E-state index is -0.0608. The van der Waals surface area contributed by atoms with Gasteiger partial charge in [0.15, 0.2) is 5.11 Å². The van der Waals surface area contributed by atoms with Gasteiger partial charge in [-0.3, -0.25) is 0 Å². The van der Waals surface area contributed by atoms with Gasteiger partial charge in [0.05, 0.1) is 11.9 Å². The highest BCUT2D eigenvalue weighted by Gasteiger charge is 2.34. The first-order valence-electron chi connectivity index (χ1n) is 10.7. The third kappa shape index (κ3) is 5.76. The molecule has 1 saturated heterocycles. The predicted molar refractivity (Wildman–Crippen MR) is 136 cm³/mol. The first-order valence-corrected chi connectivity index (χ1v) is 11.5. The molecule has 0 bridgehead atoms. The zero-order valence-electron chi connectivity index (χ0n) is 18.0. The number of halogens is 1. The average molecular weight is 467 g/mol. The molecule has 0 spiro atoms. The second-order valence-electron chi connectivity index (χ2n) is 8.14. The zero-order valence-corrected chi connectivity index (χ0v) is 19.6. The van der Waals surface area contributed by atoms with E-state index in [1.165, 1.54) is 11.1 Å². The monoisotopic (exact) mass is 466 g/mol. The quantitative estimate of drug-likeness (QED) is 0.398. The Morgan fingerprint density at radius 3 is 2.59 bits per heavy atom. The van der Waals surface area contributed by atoms with Crippen molar-refractivity contribution in [3.05, 3.63) is 83.0 Å². The van der Waals surface area contributed by atoms with Crippen LogP contribution in [0.4, 0.5) is 17.2 Å². The van der Waals surface area contributed by atoms with Gasteiger partial charge in [0, 0.05) is 35.9 Å². The number of ether oxygens (including phenoxy) is 1. The summed E-state index contributed by atoms with van der Waals surface area (Å²) in [6.07, 6.45) is 3.61. The molecule has 7 heteroatoms. The number of nitrogens with one attached hydrogen (secondary N) is 3. The van der Waals surface area contributed by atoms with Gasteiger partial charge < -0.3 is 20.7 Å². The number of aryl methyl sites for hydroxylation is 1. The fraction of sp³-hybridized carbons (Fsp3) is 0.280. The maximum atomic E-state index is 6.27. The summed E-state index contributed by atoms with van der Waals surface area (Å²) in [4.78, 5) is 4.49. The first-order chi connectivity index (χ1) is 15.5. The number of hydrogen-bond acceptors (Lipinski definition) is 4. The van der Waals surface area contributed by atoms with E-state index in [2.05, 4.69) is 52.1 Å². The maximum absolute atomic E-state index is 6.27. The number of anilines is 3. The highest BCUT2D eigenvalue weighted by atomic mass is 35.5. The van der Waals surface area contributed by atoms with Crippen LogP contribution in [0.2, 0.25) is 5.02 Å². The van der Waals surface area contributed by atoms with Crippen molar-refractivity contribution in [3.8, 4) is 0 Å². The van der Waals surface area contributed by atoms with E-state index in [1.54, 1.807) is 6.20 Å². The first kappa shape index (κ1) is 22.5. The zero-order chi connectivity index (χ0) is 22.4. The van der Waals surface area contributed by atoms with Gasteiger partial charge in [-0.15, -0.1) is 0 Å². The van der Waals surface area contributed by atoms with Gasteiger partial charge in [0.1, 0.15) is 5.82 Å². The Balaban J connectivity index is 1.36. The molecule has 5 nitrogen and oxygen atoms in total. The van der Waals surface area contributed by atoms with Crippen LogP contribution in [0.3, 0.4) is 0 Å². The third-order valence-corrected chi connectivity index (χ3v) is 6.27. The highest BCUT2D eigenvalue weighted by Crippen LogP contribution is 2.35. The van der Waals surface area contributed by atoms with E-state index in [9.17, 15) is 0 Å². The van der Waals surface area contributed by atoms with Crippen molar-refractivity contribution in [2.24, 2.45) is 0 Å². The maximum Gasteiger partial charge on any atom is 0.170 e. The molecule has 4 rings (SSSR count). The number of aromatic nitrogens is 1. The van der Waals surface area contributed by atoms with Crippen molar-refractivity contribution in [2.45, 2.75) is 25.2 Å². The largest absolute Gasteiger partial charge is 0.381 e. The lowest BCUT2D eigenvalue weighted by Crippen LogP contribution is -2.45. The summed E-state index contributed by atoms with van der Waals surface area (Å²) in [6, 6.07) is 20.2. The number of pyridine rings is 1. The fourth-order valence-corrected chi connectivity index (χ4v) is 4.37. The van der Waals surface area contributed by atoms with Crippen molar-refractivity contribution < 1.29 is 4.74 Å². The lowest BCUT2D eigenvalue weighted by Gasteiger charge is -2.38. The summed E-state index contributed by atoms with van der Waals surface area (Å²) in [6.45, 7) is 4.24. The molecule has 1 aliphatic heterocycles. The summed E-state index contributed by atoms with van der Waals surface area (Å²) in [5.74, 6) is 0.780. The van der Waals surface area contributed by atoms with E-state index < -0.39 is 0 Å². The van der Waals surface area contributed by atoms with Gasteiger partial charge in [-0.05, 0) is 79.5 Å². The SMILES string of the molecule is Cc1cccc(Nc2ccc(NC(=S)NCC3(c4cccc(Cl)c4)CCOCC3)cn2)c1. The van der Waals surface area contributed by atoms with Crippen molar-refractivity contribution in [3.63, 3.8) is 0 Å². The van der Waals surface area contributed by atoms with Crippen molar-refractivity contribution >= 4 is 46.1 Å². The Morgan fingerprint density at radius 1 is 1.06 bits per heavy atom. The summed E-state index contributed by atoms with van der Waals surface area (Å²) < 4.78 is 5.62. The van der Waals surface area contributed by atoms with Crippen LogP contribution in [0.1, 0.15) is 24.0 Å². The molecule has 1 aliphatic rings. The second-order valence-corrected chi connectivity index (χ2v) is 8.98. The lowest BCUT2D eigenvalue weighted by molar-refractivity contribution is 0.0515. The fourth-order valence-electron chi connectivity index (χ4n) is 3.99. The Hall–Kier alpha value is -2.67. The average Bonchev–Trinajstić information content (AvgIpc) is 2.80. The van der Waals surface area contributed by atoms with Crippen LogP contribution >= 0.6 is 23.8 Å². The molecule has 0 amide bonds. The Morgan fingerprint density at radius 2 is 1.88 bits per heavy atom. The Labute approximate surface area is 199 Å². The van der Waals surface area contributed by atoms with E-state index in [-0.39, 0.29) is 5.41 Å². The van der Waals surface area contributed by atoms with Gasteiger partial charge >= 0.3 is 0 Å². The molecule has 1 fully saturated rings. The van der Waals surface area contributed by atoms with Gasteiger partial charge in [-0.1, -0.05) is 35.9 Å². The molecule has 0 unspecified atom stereocenters. The van der Waals surface area contributed by atoms with Crippen molar-refractivity contribution in [1.29, 1.82) is 0 Å². The summed E-state index contributed by atoms with van der Waals surface area (Å²) in [5, 5.41) is 11.3. The number of thiocarbonyl (C=S) groups is 1. The summed E-state index contributed by atoms with van der Waals surface area (Å²) >= 11 is 11.8. The van der Waals surface area contributed by atoms with Crippen LogP contribution in [0.15, 0.2) is 66.9 Å². The van der Waals surface area contributed by atoms with E-state index in [0.717, 1.165) is 48.3 Å². The molecule has 0 aliphatic carbocycles. The van der Waals surface area contributed by atoms with Crippen molar-refractivity contribution in [2.75, 3.05) is 30.4 Å². The van der Waals surface area contributed by atoms with E-state index >= 15 is 0 Å². The molecular weight excluding hydrogens is 440 g/mol. The van der Waals surface area contributed by atoms with E-state index in [4.69, 9.17) is 28.6 Å². The number of hydrogen-bond donors (Lipinski definition) is 3. The van der Waals surface area contributed by atoms with Crippen LogP contribution in [-0.2, 0) is 10.2 Å². The third-order valence-electron chi connectivity index (χ3n) is 5.79. The second kappa shape index (κ2) is 10.3. The van der Waals surface area contributed by atoms with Gasteiger partial charge in [0.25, 0.3) is 0 Å². The minimum absolute atomic E-state index is 0.0608. The Bertz CT molecular complexity index is 1070. The van der Waals surface area contributed by atoms with E-state index in [1.807, 2.05) is 36.4 Å². The highest BCUT2D eigenvalue weighted by molar-refractivity contribution is 7.80. The molecule has 1 aromatic heterocycles. The van der Waals surface area contributed by atoms with Crippen LogP contribution in [0.5, 0.6) is 0 Å². The predicted octanol–water partition coefficient (Wildman–Crippen LogP) is 5.82. The van der Waals surface area contributed by atoms with Crippen molar-refractivity contribution in [1.82, 2.24) is 10.3 Å². The Kier molecular flexibility index (Phi) is 7.25. The van der Waals surface area contributed by atoms with E-state index in [0.29, 0.717) is 11.7 Å². The molecule has 0 atom stereocenters. The molecule has 2 aromatic carbocycles. The molecule has 166 valence electrons. The number of nitrogens with zero attached hydrogens (tertiary/aromatic N) is 1. The standard InChI is InChI=1S/C25H27ClN4OS/c1-18-4-2-7-21(14-18)29-23-9-8-22(16-27-23)30-24(32)28-17-25(10-12-31-13-11-25)19-5-3-6-20(26)15-19/h2-9,14-16H,10-13,17H2,1H3,(H,27,29)(H2,28,30,32). The molecular formula is C25H27ClN4OS. The molecule has 32 heavy (non-hydrogen) atoms. The summed E-state index contributed by atoms with van der Waals surface area (Å²) in [5.41, 5.74) is 4.20. The van der Waals surface area contributed by atoms with Crippen LogP contribution in [0, 0.1) is 6.92 Å². The topological polar surface area (TPSA) is 58.2 Å². The van der Waals surface area contributed by atoms with Gasteiger partial charge in [0.2, 0.25) is 0 Å². The summed E-state index contributed by atoms with van der Waals surface area (Å²) in [7, 11) is 0. The molecule has 3 N–H and O–H groups in total. The van der Waals surface area contributed by atoms with Crippen LogP contribution in [-0.4, -0.2) is 29.9 Å². The smallest absolute Gasteiger partial charge is 0.170 e. The lowest BCUT2D eigenvalue weighted by atomic mass is 9.74. The normalized spacial score (nSPS) is 15.1. The molecule has 0 radical (unpaired) electrons. The minimum Gasteiger partial charge on any atom is -0.381 e. The van der Waals surface area contributed by atoms with Gasteiger partial charge in [-0.25, -0.2) is 4.98 Å². The molecule has 3 aromatic rings.